The highest BCUT2D eigenvalue weighted by Crippen LogP contribution is 2.31. The average Bonchev–Trinajstić information content (AvgIpc) is 2.43. The van der Waals surface area contributed by atoms with Crippen molar-refractivity contribution in [3.05, 3.63) is 30.0 Å². The molecule has 0 atom stereocenters. The Kier molecular flexibility index (Phi) is 1.91. The van der Waals surface area contributed by atoms with Crippen molar-refractivity contribution in [1.82, 2.24) is 4.57 Å². The number of alkyl halides is 2. The second kappa shape index (κ2) is 2.97. The van der Waals surface area contributed by atoms with E-state index in [0.717, 1.165) is 0 Å². The van der Waals surface area contributed by atoms with Crippen molar-refractivity contribution in [3.8, 4) is 5.75 Å². The summed E-state index contributed by atoms with van der Waals surface area (Å²) in [5.41, 5.74) is 0.650. The Balaban J connectivity index is 2.79. The van der Waals surface area contributed by atoms with Gasteiger partial charge in [-0.25, -0.2) is 8.78 Å². The zero-order valence-electron chi connectivity index (χ0n) is 7.54. The van der Waals surface area contributed by atoms with Crippen molar-refractivity contribution in [2.75, 3.05) is 0 Å². The average molecular weight is 197 g/mol. The molecule has 1 aromatic heterocycles. The molecule has 1 heterocycles. The molecule has 0 radical (unpaired) electrons. The molecule has 14 heavy (non-hydrogen) atoms. The second-order valence-electron chi connectivity index (χ2n) is 3.20. The number of aryl methyl sites for hydroxylation is 1. The minimum Gasteiger partial charge on any atom is -0.508 e. The van der Waals surface area contributed by atoms with Crippen LogP contribution in [0, 0.1) is 0 Å². The third-order valence-corrected chi connectivity index (χ3v) is 2.24. The van der Waals surface area contributed by atoms with Crippen LogP contribution in [0.2, 0.25) is 0 Å². The van der Waals surface area contributed by atoms with Crippen LogP contribution in [0.5, 0.6) is 5.75 Å². The summed E-state index contributed by atoms with van der Waals surface area (Å²) in [6.07, 6.45) is -1.13. The maximum atomic E-state index is 12.5. The molecule has 0 bridgehead atoms. The lowest BCUT2D eigenvalue weighted by atomic mass is 10.2. The number of nitrogens with zero attached hydrogens (tertiary/aromatic N) is 1. The molecule has 4 heteroatoms. The summed E-state index contributed by atoms with van der Waals surface area (Å²) >= 11 is 0. The van der Waals surface area contributed by atoms with Crippen LogP contribution in [0.3, 0.4) is 0 Å². The fourth-order valence-electron chi connectivity index (χ4n) is 1.58. The molecule has 2 rings (SSSR count). The van der Waals surface area contributed by atoms with Crippen LogP contribution in [-0.4, -0.2) is 9.67 Å². The molecule has 74 valence electrons. The summed E-state index contributed by atoms with van der Waals surface area (Å²) in [5, 5.41) is 9.60. The maximum absolute atomic E-state index is 12.5. The number of benzene rings is 1. The molecule has 0 aliphatic heterocycles. The Morgan fingerprint density at radius 2 is 2.07 bits per heavy atom. The van der Waals surface area contributed by atoms with Crippen LogP contribution in [0.25, 0.3) is 10.9 Å². The van der Waals surface area contributed by atoms with Gasteiger partial charge in [-0.15, -0.1) is 0 Å². The van der Waals surface area contributed by atoms with E-state index in [1.165, 1.54) is 18.3 Å². The van der Waals surface area contributed by atoms with Gasteiger partial charge in [-0.2, -0.15) is 0 Å². The van der Waals surface area contributed by atoms with E-state index in [1.807, 2.05) is 0 Å². The van der Waals surface area contributed by atoms with Gasteiger partial charge in [0.15, 0.2) is 0 Å². The molecule has 0 saturated carbocycles. The molecule has 0 aliphatic rings. The van der Waals surface area contributed by atoms with Crippen molar-refractivity contribution in [3.63, 3.8) is 0 Å². The third-order valence-electron chi connectivity index (χ3n) is 2.24. The van der Waals surface area contributed by atoms with Gasteiger partial charge in [0, 0.05) is 29.7 Å². The van der Waals surface area contributed by atoms with Gasteiger partial charge < -0.3 is 9.67 Å². The molecule has 1 aromatic carbocycles. The summed E-state index contributed by atoms with van der Waals surface area (Å²) < 4.78 is 26.7. The Morgan fingerprint density at radius 1 is 1.36 bits per heavy atom. The highest BCUT2D eigenvalue weighted by Gasteiger charge is 2.15. The van der Waals surface area contributed by atoms with Gasteiger partial charge >= 0.3 is 0 Å². The number of hydrogen-bond donors (Lipinski definition) is 1. The number of fused-ring (bicyclic) bond motifs is 1. The number of halogens is 2. The highest BCUT2D eigenvalue weighted by molar-refractivity contribution is 5.85. The largest absolute Gasteiger partial charge is 0.508 e. The first-order valence-corrected chi connectivity index (χ1v) is 4.15. The minimum atomic E-state index is -2.51. The monoisotopic (exact) mass is 197 g/mol. The Morgan fingerprint density at radius 3 is 2.71 bits per heavy atom. The van der Waals surface area contributed by atoms with Crippen molar-refractivity contribution >= 4 is 10.9 Å². The van der Waals surface area contributed by atoms with E-state index in [1.54, 1.807) is 17.7 Å². The van der Waals surface area contributed by atoms with Gasteiger partial charge in [-0.1, -0.05) is 0 Å². The lowest BCUT2D eigenvalue weighted by Crippen LogP contribution is -1.82. The predicted octanol–water partition coefficient (Wildman–Crippen LogP) is 2.82. The fraction of sp³-hybridized carbons (Fsp3) is 0.200. The molecule has 2 nitrogen and oxygen atoms in total. The number of aromatic hydroxyl groups is 1. The molecular weight excluding hydrogens is 188 g/mol. The van der Waals surface area contributed by atoms with E-state index in [-0.39, 0.29) is 11.3 Å². The van der Waals surface area contributed by atoms with Crippen molar-refractivity contribution in [2.24, 2.45) is 7.05 Å². The van der Waals surface area contributed by atoms with Gasteiger partial charge in [0.25, 0.3) is 6.43 Å². The molecule has 0 unspecified atom stereocenters. The minimum absolute atomic E-state index is 0.00519. The summed E-state index contributed by atoms with van der Waals surface area (Å²) in [4.78, 5) is 0. The molecule has 0 fully saturated rings. The van der Waals surface area contributed by atoms with E-state index in [4.69, 9.17) is 0 Å². The quantitative estimate of drug-likeness (QED) is 0.747. The van der Waals surface area contributed by atoms with E-state index >= 15 is 0 Å². The maximum Gasteiger partial charge on any atom is 0.265 e. The van der Waals surface area contributed by atoms with Gasteiger partial charge in [-0.3, -0.25) is 0 Å². The van der Waals surface area contributed by atoms with E-state index < -0.39 is 6.43 Å². The van der Waals surface area contributed by atoms with Crippen LogP contribution in [0.4, 0.5) is 8.78 Å². The van der Waals surface area contributed by atoms with Crippen LogP contribution < -0.4 is 0 Å². The van der Waals surface area contributed by atoms with Gasteiger partial charge in [0.1, 0.15) is 5.75 Å². The van der Waals surface area contributed by atoms with Crippen molar-refractivity contribution < 1.29 is 13.9 Å². The lowest BCUT2D eigenvalue weighted by Gasteiger charge is -1.97. The van der Waals surface area contributed by atoms with Crippen LogP contribution in [-0.2, 0) is 7.05 Å². The number of phenols is 1. The lowest BCUT2D eigenvalue weighted by molar-refractivity contribution is 0.153. The van der Waals surface area contributed by atoms with Crippen LogP contribution in [0.15, 0.2) is 24.4 Å². The number of phenolic OH excluding ortho intramolecular Hbond substituents is 1. The zero-order chi connectivity index (χ0) is 10.3. The van der Waals surface area contributed by atoms with Gasteiger partial charge in [0.05, 0.1) is 0 Å². The molecule has 1 N–H and O–H groups in total. The number of rotatable bonds is 1. The first-order chi connectivity index (χ1) is 6.59. The standard InChI is InChI=1S/C10H9F2NO/c1-13-5-8(10(11)12)7-4-6(14)2-3-9(7)13/h2-5,10,14H,1H3. The molecular formula is C10H9F2NO. The fourth-order valence-corrected chi connectivity index (χ4v) is 1.58. The zero-order valence-corrected chi connectivity index (χ0v) is 7.54. The van der Waals surface area contributed by atoms with E-state index in [0.29, 0.717) is 10.9 Å². The molecule has 0 spiro atoms. The summed E-state index contributed by atoms with van der Waals surface area (Å²) in [7, 11) is 1.70. The summed E-state index contributed by atoms with van der Waals surface area (Å²) in [6, 6.07) is 4.46. The van der Waals surface area contributed by atoms with Gasteiger partial charge in [-0.05, 0) is 18.2 Å². The summed E-state index contributed by atoms with van der Waals surface area (Å²) in [5.74, 6) is 0.00519. The Labute approximate surface area is 79.4 Å². The molecule has 0 aliphatic carbocycles. The highest BCUT2D eigenvalue weighted by atomic mass is 19.3. The molecule has 2 aromatic rings. The van der Waals surface area contributed by atoms with Crippen molar-refractivity contribution in [1.29, 1.82) is 0 Å². The van der Waals surface area contributed by atoms with Gasteiger partial charge in [0.2, 0.25) is 0 Å². The van der Waals surface area contributed by atoms with Crippen LogP contribution in [0.1, 0.15) is 12.0 Å². The number of aromatic nitrogens is 1. The van der Waals surface area contributed by atoms with Crippen molar-refractivity contribution in [2.45, 2.75) is 6.43 Å². The first kappa shape index (κ1) is 8.99. The van der Waals surface area contributed by atoms with E-state index in [2.05, 4.69) is 0 Å². The Bertz CT molecular complexity index is 476. The first-order valence-electron chi connectivity index (χ1n) is 4.15. The smallest absolute Gasteiger partial charge is 0.265 e. The summed E-state index contributed by atoms with van der Waals surface area (Å²) in [6.45, 7) is 0. The Hall–Kier alpha value is -1.58. The predicted molar refractivity (Wildman–Crippen MR) is 49.5 cm³/mol. The SMILES string of the molecule is Cn1cc(C(F)F)c2cc(O)ccc21. The second-order valence-corrected chi connectivity index (χ2v) is 3.20. The van der Waals surface area contributed by atoms with E-state index in [9.17, 15) is 13.9 Å². The number of hydrogen-bond acceptors (Lipinski definition) is 1. The molecule has 0 amide bonds. The van der Waals surface area contributed by atoms with Crippen LogP contribution >= 0.6 is 0 Å². The molecule has 0 saturated heterocycles. The topological polar surface area (TPSA) is 25.2 Å². The normalized spacial score (nSPS) is 11.4. The third kappa shape index (κ3) is 1.23.